The highest BCUT2D eigenvalue weighted by atomic mass is 16.5. The minimum Gasteiger partial charge on any atom is -0.512 e. The number of ketones is 1. The average molecular weight is 234 g/mol. The molecule has 0 atom stereocenters. The third kappa shape index (κ3) is 3.45. The second kappa shape index (κ2) is 5.84. The number of rotatable bonds is 4. The molecule has 0 heterocycles. The number of esters is 1. The molecule has 0 aliphatic heterocycles. The van der Waals surface area contributed by atoms with Crippen molar-refractivity contribution in [2.24, 2.45) is 0 Å². The summed E-state index contributed by atoms with van der Waals surface area (Å²) in [5.41, 5.74) is 0.483. The number of Topliss-reactive ketones (excluding diaryl/α,β-unsaturated/α-hetero) is 1. The minimum atomic E-state index is -0.686. The van der Waals surface area contributed by atoms with Gasteiger partial charge in [0.15, 0.2) is 5.78 Å². The zero-order valence-corrected chi connectivity index (χ0v) is 9.77. The van der Waals surface area contributed by atoms with Crippen molar-refractivity contribution in [3.63, 3.8) is 0 Å². The molecule has 1 rings (SSSR count). The first-order valence-corrected chi connectivity index (χ1v) is 5.11. The van der Waals surface area contributed by atoms with Crippen LogP contribution >= 0.6 is 0 Å². The van der Waals surface area contributed by atoms with Crippen molar-refractivity contribution in [2.75, 3.05) is 7.11 Å². The number of hydrogen-bond donors (Lipinski definition) is 1. The SMILES string of the molecule is COC(=O)/C(CC(=O)c1ccccc1)=C(\C)O. The summed E-state index contributed by atoms with van der Waals surface area (Å²) in [6.45, 7) is 1.35. The van der Waals surface area contributed by atoms with Crippen molar-refractivity contribution >= 4 is 11.8 Å². The lowest BCUT2D eigenvalue weighted by Gasteiger charge is -2.06. The van der Waals surface area contributed by atoms with Crippen molar-refractivity contribution in [1.82, 2.24) is 0 Å². The molecule has 0 unspecified atom stereocenters. The third-order valence-corrected chi connectivity index (χ3v) is 2.30. The fraction of sp³-hybridized carbons (Fsp3) is 0.231. The average Bonchev–Trinajstić information content (AvgIpc) is 2.35. The first kappa shape index (κ1) is 13.0. The lowest BCUT2D eigenvalue weighted by Crippen LogP contribution is -2.12. The van der Waals surface area contributed by atoms with Crippen LogP contribution in [0.4, 0.5) is 0 Å². The Hall–Kier alpha value is -2.10. The Morgan fingerprint density at radius 1 is 1.24 bits per heavy atom. The molecule has 1 aromatic carbocycles. The van der Waals surface area contributed by atoms with Crippen LogP contribution in [0.25, 0.3) is 0 Å². The molecule has 1 aromatic rings. The fourth-order valence-corrected chi connectivity index (χ4v) is 1.36. The summed E-state index contributed by atoms with van der Waals surface area (Å²) in [5, 5.41) is 9.34. The van der Waals surface area contributed by atoms with E-state index >= 15 is 0 Å². The maximum atomic E-state index is 11.8. The number of aliphatic hydroxyl groups is 1. The molecule has 0 saturated carbocycles. The molecule has 0 fully saturated rings. The summed E-state index contributed by atoms with van der Waals surface area (Å²) in [6.07, 6.45) is -0.168. The largest absolute Gasteiger partial charge is 0.512 e. The summed E-state index contributed by atoms with van der Waals surface area (Å²) >= 11 is 0. The molecule has 4 nitrogen and oxygen atoms in total. The Bertz CT molecular complexity index is 442. The summed E-state index contributed by atoms with van der Waals surface area (Å²) in [7, 11) is 1.21. The molecule has 90 valence electrons. The Morgan fingerprint density at radius 3 is 2.29 bits per heavy atom. The summed E-state index contributed by atoms with van der Waals surface area (Å²) in [5.74, 6) is -1.12. The van der Waals surface area contributed by atoms with Gasteiger partial charge >= 0.3 is 5.97 Å². The quantitative estimate of drug-likeness (QED) is 0.375. The van der Waals surface area contributed by atoms with Gasteiger partial charge in [-0.25, -0.2) is 4.79 Å². The van der Waals surface area contributed by atoms with Gasteiger partial charge in [-0.1, -0.05) is 30.3 Å². The van der Waals surface area contributed by atoms with Crippen molar-refractivity contribution < 1.29 is 19.4 Å². The Kier molecular flexibility index (Phi) is 4.46. The van der Waals surface area contributed by atoms with Gasteiger partial charge in [-0.05, 0) is 6.92 Å². The fourth-order valence-electron chi connectivity index (χ4n) is 1.36. The lowest BCUT2D eigenvalue weighted by atomic mass is 10.0. The van der Waals surface area contributed by atoms with Crippen LogP contribution in [-0.2, 0) is 9.53 Å². The van der Waals surface area contributed by atoms with E-state index in [9.17, 15) is 14.7 Å². The number of hydrogen-bond acceptors (Lipinski definition) is 4. The van der Waals surface area contributed by atoms with Gasteiger partial charge in [0, 0.05) is 12.0 Å². The molecule has 17 heavy (non-hydrogen) atoms. The van der Waals surface area contributed by atoms with Crippen LogP contribution in [-0.4, -0.2) is 24.0 Å². The van der Waals surface area contributed by atoms with Crippen LogP contribution in [0, 0.1) is 0 Å². The van der Waals surface area contributed by atoms with E-state index in [1.807, 2.05) is 0 Å². The maximum absolute atomic E-state index is 11.8. The number of allylic oxidation sites excluding steroid dienone is 1. The zero-order valence-electron chi connectivity index (χ0n) is 9.77. The molecule has 0 radical (unpaired) electrons. The van der Waals surface area contributed by atoms with Gasteiger partial charge < -0.3 is 9.84 Å². The molecule has 0 amide bonds. The van der Waals surface area contributed by atoms with E-state index in [0.29, 0.717) is 5.56 Å². The highest BCUT2D eigenvalue weighted by Gasteiger charge is 2.18. The van der Waals surface area contributed by atoms with E-state index in [2.05, 4.69) is 4.74 Å². The number of ether oxygens (including phenoxy) is 1. The van der Waals surface area contributed by atoms with Crippen LogP contribution in [0.3, 0.4) is 0 Å². The van der Waals surface area contributed by atoms with Crippen LogP contribution in [0.1, 0.15) is 23.7 Å². The number of aliphatic hydroxyl groups excluding tert-OH is 1. The molecular formula is C13H14O4. The summed E-state index contributed by atoms with van der Waals surface area (Å²) in [6, 6.07) is 8.58. The number of carbonyl (C=O) groups is 2. The monoisotopic (exact) mass is 234 g/mol. The van der Waals surface area contributed by atoms with E-state index in [4.69, 9.17) is 0 Å². The van der Waals surface area contributed by atoms with Crippen LogP contribution < -0.4 is 0 Å². The molecule has 0 aliphatic carbocycles. The topological polar surface area (TPSA) is 63.6 Å². The van der Waals surface area contributed by atoms with Crippen molar-refractivity contribution in [1.29, 1.82) is 0 Å². The van der Waals surface area contributed by atoms with Crippen molar-refractivity contribution in [3.8, 4) is 0 Å². The summed E-state index contributed by atoms with van der Waals surface area (Å²) < 4.78 is 4.50. The van der Waals surface area contributed by atoms with Gasteiger partial charge in [-0.3, -0.25) is 4.79 Å². The number of methoxy groups -OCH3 is 1. The third-order valence-electron chi connectivity index (χ3n) is 2.30. The predicted molar refractivity (Wildman–Crippen MR) is 62.7 cm³/mol. The Morgan fingerprint density at radius 2 is 1.82 bits per heavy atom. The maximum Gasteiger partial charge on any atom is 0.337 e. The first-order chi connectivity index (χ1) is 8.06. The van der Waals surface area contributed by atoms with E-state index in [-0.39, 0.29) is 23.5 Å². The van der Waals surface area contributed by atoms with Gasteiger partial charge in [0.25, 0.3) is 0 Å². The molecule has 0 spiro atoms. The second-order valence-electron chi connectivity index (χ2n) is 3.52. The van der Waals surface area contributed by atoms with E-state index in [0.717, 1.165) is 0 Å². The molecule has 0 aliphatic rings. The standard InChI is InChI=1S/C13H14O4/c1-9(14)11(13(16)17-2)8-12(15)10-6-4-3-5-7-10/h3-7,14H,8H2,1-2H3/b11-9+. The molecule has 0 bridgehead atoms. The van der Waals surface area contributed by atoms with E-state index in [1.54, 1.807) is 30.3 Å². The second-order valence-corrected chi connectivity index (χ2v) is 3.52. The van der Waals surface area contributed by atoms with Gasteiger partial charge in [0.05, 0.1) is 12.7 Å². The smallest absolute Gasteiger partial charge is 0.337 e. The molecular weight excluding hydrogens is 220 g/mol. The first-order valence-electron chi connectivity index (χ1n) is 5.11. The van der Waals surface area contributed by atoms with Gasteiger partial charge in [0.1, 0.15) is 5.76 Å². The lowest BCUT2D eigenvalue weighted by molar-refractivity contribution is -0.136. The molecule has 1 N–H and O–H groups in total. The molecule has 4 heteroatoms. The highest BCUT2D eigenvalue weighted by Crippen LogP contribution is 2.13. The number of carbonyl (C=O) groups excluding carboxylic acids is 2. The minimum absolute atomic E-state index is 0.0126. The number of benzene rings is 1. The predicted octanol–water partition coefficient (Wildman–Crippen LogP) is 2.26. The Balaban J connectivity index is 2.87. The van der Waals surface area contributed by atoms with E-state index in [1.165, 1.54) is 14.0 Å². The Labute approximate surface area is 99.5 Å². The van der Waals surface area contributed by atoms with Crippen LogP contribution in [0.5, 0.6) is 0 Å². The molecule has 0 saturated heterocycles. The highest BCUT2D eigenvalue weighted by molar-refractivity contribution is 6.03. The molecule has 0 aromatic heterocycles. The van der Waals surface area contributed by atoms with Crippen LogP contribution in [0.15, 0.2) is 41.7 Å². The van der Waals surface area contributed by atoms with Crippen molar-refractivity contribution in [3.05, 3.63) is 47.2 Å². The van der Waals surface area contributed by atoms with Gasteiger partial charge in [-0.2, -0.15) is 0 Å². The van der Waals surface area contributed by atoms with Crippen molar-refractivity contribution in [2.45, 2.75) is 13.3 Å². The summed E-state index contributed by atoms with van der Waals surface area (Å²) in [4.78, 5) is 23.2. The van der Waals surface area contributed by atoms with Gasteiger partial charge in [-0.15, -0.1) is 0 Å². The van der Waals surface area contributed by atoms with E-state index < -0.39 is 5.97 Å². The van der Waals surface area contributed by atoms with Crippen LogP contribution in [0.2, 0.25) is 0 Å². The zero-order chi connectivity index (χ0) is 12.8. The normalized spacial score (nSPS) is 11.6. The van der Waals surface area contributed by atoms with Gasteiger partial charge in [0.2, 0.25) is 0 Å².